The molecule has 1 aliphatic heterocycles. The minimum Gasteiger partial charge on any atom is -0.309 e. The van der Waals surface area contributed by atoms with E-state index >= 15 is 0 Å². The number of hydrogen-bond acceptors (Lipinski definition) is 3. The van der Waals surface area contributed by atoms with E-state index in [-0.39, 0.29) is 18.4 Å². The lowest BCUT2D eigenvalue weighted by atomic mass is 10.0. The maximum absolute atomic E-state index is 13.1. The van der Waals surface area contributed by atoms with E-state index in [2.05, 4.69) is 5.32 Å². The number of Topliss-reactive ketones (excluding diaryl/α,β-unsaturated/α-hetero) is 1. The van der Waals surface area contributed by atoms with Gasteiger partial charge in [-0.2, -0.15) is 0 Å². The van der Waals surface area contributed by atoms with Gasteiger partial charge in [0, 0.05) is 16.9 Å². The van der Waals surface area contributed by atoms with Gasteiger partial charge in [0.2, 0.25) is 0 Å². The number of nitrogens with zero attached hydrogens (tertiary/aromatic N) is 2. The molecule has 4 nitrogen and oxygen atoms in total. The quantitative estimate of drug-likeness (QED) is 0.476. The largest absolute Gasteiger partial charge is 0.309 e. The first kappa shape index (κ1) is 19.2. The summed E-state index contributed by atoms with van der Waals surface area (Å²) < 4.78 is 0. The highest BCUT2D eigenvalue weighted by Gasteiger charge is 2.37. The summed E-state index contributed by atoms with van der Waals surface area (Å²) in [5.74, 6) is 0.0324. The van der Waals surface area contributed by atoms with Crippen LogP contribution in [0.1, 0.15) is 16.8 Å². The van der Waals surface area contributed by atoms with Crippen LogP contribution in [0.4, 0.5) is 11.4 Å². The normalized spacial score (nSPS) is 14.6. The predicted molar refractivity (Wildman–Crippen MR) is 125 cm³/mol. The molecular weight excluding hydrogens is 398 g/mol. The number of hydrogen-bond donors (Lipinski definition) is 1. The van der Waals surface area contributed by atoms with Crippen LogP contribution in [0.25, 0.3) is 0 Å². The van der Waals surface area contributed by atoms with E-state index in [0.717, 1.165) is 11.4 Å². The van der Waals surface area contributed by atoms with E-state index in [9.17, 15) is 4.79 Å². The van der Waals surface area contributed by atoms with Gasteiger partial charge in [-0.15, -0.1) is 0 Å². The van der Waals surface area contributed by atoms with E-state index in [1.165, 1.54) is 0 Å². The van der Waals surface area contributed by atoms with Crippen LogP contribution < -0.4 is 15.1 Å². The molecule has 0 saturated carbocycles. The Morgan fingerprint density at radius 2 is 1.14 bits per heavy atom. The fraction of sp³-hybridized carbons (Fsp3) is 0.0870. The molecule has 0 amide bonds. The van der Waals surface area contributed by atoms with Gasteiger partial charge in [0.15, 0.2) is 16.0 Å². The van der Waals surface area contributed by atoms with Gasteiger partial charge in [0.25, 0.3) is 0 Å². The van der Waals surface area contributed by atoms with E-state index in [4.69, 9.17) is 24.4 Å². The molecule has 1 fully saturated rings. The van der Waals surface area contributed by atoms with Gasteiger partial charge >= 0.3 is 0 Å². The zero-order valence-corrected chi connectivity index (χ0v) is 17.2. The van der Waals surface area contributed by atoms with Gasteiger partial charge in [0.05, 0.1) is 6.42 Å². The SMILES string of the molecule is O=C(CC1N(c2ccccc2)C(=S)NC(=S)N1c1ccccc1)c1ccccc1. The number of para-hydroxylation sites is 2. The number of rotatable bonds is 5. The molecule has 1 saturated heterocycles. The third-order valence-corrected chi connectivity index (χ3v) is 5.38. The third kappa shape index (κ3) is 4.04. The van der Waals surface area contributed by atoms with Crippen molar-refractivity contribution >= 4 is 51.8 Å². The number of nitrogens with one attached hydrogen (secondary N) is 1. The molecule has 144 valence electrons. The summed E-state index contributed by atoms with van der Waals surface area (Å²) >= 11 is 11.3. The Hall–Kier alpha value is -3.09. The highest BCUT2D eigenvalue weighted by Crippen LogP contribution is 2.29. The van der Waals surface area contributed by atoms with Crippen molar-refractivity contribution in [3.05, 3.63) is 96.6 Å². The molecule has 0 radical (unpaired) electrons. The van der Waals surface area contributed by atoms with Gasteiger partial charge in [-0.1, -0.05) is 66.7 Å². The Bertz CT molecular complexity index is 968. The van der Waals surface area contributed by atoms with Gasteiger partial charge < -0.3 is 5.32 Å². The van der Waals surface area contributed by atoms with Crippen LogP contribution in [0.3, 0.4) is 0 Å². The summed E-state index contributed by atoms with van der Waals surface area (Å²) in [6, 6.07) is 28.9. The monoisotopic (exact) mass is 417 g/mol. The van der Waals surface area contributed by atoms with Crippen LogP contribution in [0.15, 0.2) is 91.0 Å². The van der Waals surface area contributed by atoms with Gasteiger partial charge in [-0.25, -0.2) is 0 Å². The zero-order chi connectivity index (χ0) is 20.2. The zero-order valence-electron chi connectivity index (χ0n) is 15.6. The van der Waals surface area contributed by atoms with Crippen LogP contribution in [0, 0.1) is 0 Å². The van der Waals surface area contributed by atoms with Gasteiger partial charge in [-0.3, -0.25) is 14.6 Å². The van der Waals surface area contributed by atoms with E-state index in [0.29, 0.717) is 15.8 Å². The first-order valence-electron chi connectivity index (χ1n) is 9.27. The molecule has 1 heterocycles. The Balaban J connectivity index is 1.77. The number of thiocarbonyl (C=S) groups is 2. The fourth-order valence-corrected chi connectivity index (χ4v) is 4.16. The second-order valence-corrected chi connectivity index (χ2v) is 7.39. The molecule has 0 aliphatic carbocycles. The van der Waals surface area contributed by atoms with Crippen molar-refractivity contribution in [3.8, 4) is 0 Å². The topological polar surface area (TPSA) is 35.6 Å². The van der Waals surface area contributed by atoms with Gasteiger partial charge in [-0.05, 0) is 48.7 Å². The van der Waals surface area contributed by atoms with Crippen LogP contribution >= 0.6 is 24.4 Å². The van der Waals surface area contributed by atoms with Crippen LogP contribution in [-0.4, -0.2) is 22.2 Å². The summed E-state index contributed by atoms with van der Waals surface area (Å²) in [7, 11) is 0. The predicted octanol–water partition coefficient (Wildman–Crippen LogP) is 4.77. The van der Waals surface area contributed by atoms with Crippen LogP contribution in [0.5, 0.6) is 0 Å². The van der Waals surface area contributed by atoms with Crippen molar-refractivity contribution in [2.75, 3.05) is 9.80 Å². The molecule has 4 rings (SSSR count). The third-order valence-electron chi connectivity index (χ3n) is 4.78. The fourth-order valence-electron chi connectivity index (χ4n) is 3.44. The summed E-state index contributed by atoms with van der Waals surface area (Å²) in [5, 5.41) is 4.09. The van der Waals surface area contributed by atoms with Crippen molar-refractivity contribution in [1.82, 2.24) is 5.32 Å². The number of carbonyl (C=O) groups is 1. The molecule has 6 heteroatoms. The maximum atomic E-state index is 13.1. The smallest absolute Gasteiger partial charge is 0.181 e. The lowest BCUT2D eigenvalue weighted by molar-refractivity contribution is 0.0975. The molecule has 0 spiro atoms. The summed E-state index contributed by atoms with van der Waals surface area (Å²) in [6.07, 6.45) is -0.149. The highest BCUT2D eigenvalue weighted by molar-refractivity contribution is 7.82. The van der Waals surface area contributed by atoms with Crippen molar-refractivity contribution in [3.63, 3.8) is 0 Å². The Labute approximate surface area is 180 Å². The molecular formula is C23H19N3OS2. The standard InChI is InChI=1S/C23H19N3OS2/c27-20(17-10-4-1-5-11-17)16-21-25(18-12-6-2-7-13-18)22(28)24-23(29)26(21)19-14-8-3-9-15-19/h1-15,21H,16H2,(H,24,28,29). The molecule has 3 aromatic rings. The summed E-state index contributed by atoms with van der Waals surface area (Å²) in [4.78, 5) is 17.0. The van der Waals surface area contributed by atoms with Crippen LogP contribution in [0.2, 0.25) is 0 Å². The highest BCUT2D eigenvalue weighted by atomic mass is 32.1. The average Bonchev–Trinajstić information content (AvgIpc) is 2.75. The molecule has 0 bridgehead atoms. The second kappa shape index (κ2) is 8.51. The molecule has 0 unspecified atom stereocenters. The Morgan fingerprint density at radius 3 is 1.59 bits per heavy atom. The summed E-state index contributed by atoms with van der Waals surface area (Å²) in [6.45, 7) is 0. The van der Waals surface area contributed by atoms with E-state index in [1.807, 2.05) is 101 Å². The average molecular weight is 418 g/mol. The number of ketones is 1. The number of benzene rings is 3. The minimum atomic E-state index is -0.381. The second-order valence-electron chi connectivity index (χ2n) is 6.62. The molecule has 1 N–H and O–H groups in total. The molecule has 0 atom stereocenters. The van der Waals surface area contributed by atoms with Crippen molar-refractivity contribution in [2.24, 2.45) is 0 Å². The lowest BCUT2D eigenvalue weighted by Crippen LogP contribution is -2.66. The molecule has 3 aromatic carbocycles. The Morgan fingerprint density at radius 1 is 0.724 bits per heavy atom. The number of carbonyl (C=O) groups excluding carboxylic acids is 1. The van der Waals surface area contributed by atoms with Crippen molar-refractivity contribution < 1.29 is 4.79 Å². The summed E-state index contributed by atoms with van der Waals surface area (Å²) in [5.41, 5.74) is 2.47. The maximum Gasteiger partial charge on any atom is 0.181 e. The van der Waals surface area contributed by atoms with E-state index < -0.39 is 0 Å². The van der Waals surface area contributed by atoms with E-state index in [1.54, 1.807) is 0 Å². The molecule has 1 aliphatic rings. The first-order valence-corrected chi connectivity index (χ1v) is 10.1. The molecule has 29 heavy (non-hydrogen) atoms. The van der Waals surface area contributed by atoms with Crippen LogP contribution in [-0.2, 0) is 0 Å². The van der Waals surface area contributed by atoms with Gasteiger partial charge in [0.1, 0.15) is 6.17 Å². The molecule has 0 aromatic heterocycles. The minimum absolute atomic E-state index is 0.0324. The number of anilines is 2. The first-order chi connectivity index (χ1) is 14.1. The lowest BCUT2D eigenvalue weighted by Gasteiger charge is -2.46. The van der Waals surface area contributed by atoms with Crippen molar-refractivity contribution in [1.29, 1.82) is 0 Å². The Kier molecular flexibility index (Phi) is 5.64. The van der Waals surface area contributed by atoms with Crippen molar-refractivity contribution in [2.45, 2.75) is 12.6 Å².